The fourth-order valence-corrected chi connectivity index (χ4v) is 5.05. The third-order valence-corrected chi connectivity index (χ3v) is 6.38. The Kier molecular flexibility index (Phi) is 6.32. The van der Waals surface area contributed by atoms with Crippen LogP contribution in [-0.4, -0.2) is 68.1 Å². The minimum atomic E-state index is -0.311. The quantitative estimate of drug-likeness (QED) is 0.795. The molecule has 0 bridgehead atoms. The van der Waals surface area contributed by atoms with Crippen LogP contribution in [0.2, 0.25) is 0 Å². The fraction of sp³-hybridized carbons (Fsp3) is 0.684. The second kappa shape index (κ2) is 8.50. The van der Waals surface area contributed by atoms with Gasteiger partial charge in [-0.15, -0.1) is 11.3 Å². The number of ether oxygens (including phenoxy) is 1. The van der Waals surface area contributed by atoms with Crippen molar-refractivity contribution in [1.29, 1.82) is 0 Å². The fourth-order valence-electron chi connectivity index (χ4n) is 3.63. The molecule has 0 aromatic carbocycles. The molecule has 1 aromatic rings. The molecule has 1 unspecified atom stereocenters. The smallest absolute Gasteiger partial charge is 0.341 e. The first-order valence-electron chi connectivity index (χ1n) is 9.50. The summed E-state index contributed by atoms with van der Waals surface area (Å²) in [5.41, 5.74) is 1.67. The van der Waals surface area contributed by atoms with Gasteiger partial charge in [-0.1, -0.05) is 6.92 Å². The number of nitrogens with one attached hydrogen (secondary N) is 1. The van der Waals surface area contributed by atoms with Crippen LogP contribution in [-0.2, 0) is 22.4 Å². The summed E-state index contributed by atoms with van der Waals surface area (Å²) in [5, 5.41) is 3.67. The summed E-state index contributed by atoms with van der Waals surface area (Å²) < 4.78 is 5.26. The number of thiophene rings is 1. The Morgan fingerprint density at radius 3 is 2.69 bits per heavy atom. The summed E-state index contributed by atoms with van der Waals surface area (Å²) in [7, 11) is 2.10. The molecule has 1 N–H and O–H groups in total. The maximum absolute atomic E-state index is 12.6. The molecule has 0 saturated carbocycles. The zero-order valence-electron chi connectivity index (χ0n) is 16.0. The van der Waals surface area contributed by atoms with Gasteiger partial charge in [-0.25, -0.2) is 4.79 Å². The van der Waals surface area contributed by atoms with Crippen molar-refractivity contribution in [2.75, 3.05) is 51.7 Å². The number of hydrogen-bond donors (Lipinski definition) is 1. The van der Waals surface area contributed by atoms with Crippen molar-refractivity contribution >= 4 is 28.2 Å². The van der Waals surface area contributed by atoms with Crippen LogP contribution >= 0.6 is 11.3 Å². The normalized spacial score (nSPS) is 21.3. The third-order valence-electron chi connectivity index (χ3n) is 5.21. The molecule has 3 rings (SSSR count). The van der Waals surface area contributed by atoms with Gasteiger partial charge in [-0.3, -0.25) is 9.69 Å². The number of rotatable bonds is 5. The Hall–Kier alpha value is -1.44. The highest BCUT2D eigenvalue weighted by Gasteiger charge is 2.29. The predicted molar refractivity (Wildman–Crippen MR) is 104 cm³/mol. The lowest BCUT2D eigenvalue weighted by Crippen LogP contribution is -2.47. The summed E-state index contributed by atoms with van der Waals surface area (Å²) in [6.07, 6.45) is 2.93. The average Bonchev–Trinajstić information content (AvgIpc) is 2.93. The van der Waals surface area contributed by atoms with E-state index < -0.39 is 0 Å². The molecular formula is C19H29N3O3S. The van der Waals surface area contributed by atoms with Crippen LogP contribution in [0.5, 0.6) is 0 Å². The van der Waals surface area contributed by atoms with Gasteiger partial charge in [0, 0.05) is 31.1 Å². The minimum Gasteiger partial charge on any atom is -0.462 e. The van der Waals surface area contributed by atoms with Gasteiger partial charge in [0.1, 0.15) is 5.00 Å². The zero-order chi connectivity index (χ0) is 18.7. The Morgan fingerprint density at radius 2 is 2.00 bits per heavy atom. The van der Waals surface area contributed by atoms with E-state index in [0.29, 0.717) is 29.6 Å². The summed E-state index contributed by atoms with van der Waals surface area (Å²) in [6.45, 7) is 8.51. The number of carbonyl (C=O) groups excluding carboxylic acids is 2. The number of esters is 1. The van der Waals surface area contributed by atoms with Crippen molar-refractivity contribution in [1.82, 2.24) is 9.80 Å². The van der Waals surface area contributed by atoms with Gasteiger partial charge in [0.25, 0.3) is 0 Å². The Morgan fingerprint density at radius 1 is 1.27 bits per heavy atom. The molecule has 1 atom stereocenters. The van der Waals surface area contributed by atoms with Crippen molar-refractivity contribution in [3.8, 4) is 0 Å². The Bertz CT molecular complexity index is 665. The van der Waals surface area contributed by atoms with E-state index in [0.717, 1.165) is 51.0 Å². The van der Waals surface area contributed by atoms with Crippen LogP contribution in [0, 0.1) is 5.92 Å². The standard InChI is InChI=1S/C19H29N3O3S/c1-4-25-19(24)17-14-6-5-13(2)11-15(14)26-18(17)20-16(23)12-22-9-7-21(3)8-10-22/h13H,4-12H2,1-3H3,(H,20,23). The molecule has 144 valence electrons. The van der Waals surface area contributed by atoms with Crippen molar-refractivity contribution in [2.45, 2.75) is 33.1 Å². The highest BCUT2D eigenvalue weighted by Crippen LogP contribution is 2.40. The second-order valence-corrected chi connectivity index (χ2v) is 8.51. The number of likely N-dealkylation sites (N-methyl/N-ethyl adjacent to an activating group) is 1. The SMILES string of the molecule is CCOC(=O)c1c(NC(=O)CN2CCN(C)CC2)sc2c1CCC(C)C2. The van der Waals surface area contributed by atoms with Crippen molar-refractivity contribution in [3.05, 3.63) is 16.0 Å². The molecule has 7 heteroatoms. The van der Waals surface area contributed by atoms with Gasteiger partial charge in [-0.2, -0.15) is 0 Å². The number of nitrogens with zero attached hydrogens (tertiary/aromatic N) is 2. The Labute approximate surface area is 159 Å². The molecule has 0 spiro atoms. The van der Waals surface area contributed by atoms with E-state index in [2.05, 4.69) is 29.1 Å². The highest BCUT2D eigenvalue weighted by molar-refractivity contribution is 7.17. The number of hydrogen-bond acceptors (Lipinski definition) is 6. The summed E-state index contributed by atoms with van der Waals surface area (Å²) in [5.74, 6) is 0.256. The van der Waals surface area contributed by atoms with E-state index in [1.807, 2.05) is 6.92 Å². The minimum absolute atomic E-state index is 0.0493. The number of fused-ring (bicyclic) bond motifs is 1. The van der Waals surface area contributed by atoms with Gasteiger partial charge in [0.15, 0.2) is 0 Å². The molecule has 0 radical (unpaired) electrons. The summed E-state index contributed by atoms with van der Waals surface area (Å²) >= 11 is 1.55. The first kappa shape index (κ1) is 19.3. The maximum atomic E-state index is 12.6. The van der Waals surface area contributed by atoms with Crippen LogP contribution < -0.4 is 5.32 Å². The van der Waals surface area contributed by atoms with Crippen LogP contribution in [0.1, 0.15) is 41.1 Å². The molecule has 1 aliphatic heterocycles. The maximum Gasteiger partial charge on any atom is 0.341 e. The van der Waals surface area contributed by atoms with Crippen molar-refractivity contribution < 1.29 is 14.3 Å². The largest absolute Gasteiger partial charge is 0.462 e. The van der Waals surface area contributed by atoms with Crippen LogP contribution in [0.25, 0.3) is 0 Å². The van der Waals surface area contributed by atoms with E-state index in [1.165, 1.54) is 4.88 Å². The molecule has 6 nitrogen and oxygen atoms in total. The third kappa shape index (κ3) is 4.45. The monoisotopic (exact) mass is 379 g/mol. The van der Waals surface area contributed by atoms with E-state index in [1.54, 1.807) is 11.3 Å². The van der Waals surface area contributed by atoms with Gasteiger partial charge in [0.2, 0.25) is 5.91 Å². The zero-order valence-corrected chi connectivity index (χ0v) is 16.8. The van der Waals surface area contributed by atoms with Crippen molar-refractivity contribution in [3.63, 3.8) is 0 Å². The van der Waals surface area contributed by atoms with Crippen LogP contribution in [0.15, 0.2) is 0 Å². The van der Waals surface area contributed by atoms with Gasteiger partial charge >= 0.3 is 5.97 Å². The van der Waals surface area contributed by atoms with Crippen molar-refractivity contribution in [2.24, 2.45) is 5.92 Å². The average molecular weight is 380 g/mol. The number of amides is 1. The lowest BCUT2D eigenvalue weighted by atomic mass is 9.88. The lowest BCUT2D eigenvalue weighted by Gasteiger charge is -2.31. The van der Waals surface area contributed by atoms with Gasteiger partial charge < -0.3 is 15.0 Å². The molecule has 2 heterocycles. The van der Waals surface area contributed by atoms with Gasteiger partial charge in [-0.05, 0) is 44.7 Å². The topological polar surface area (TPSA) is 61.9 Å². The molecule has 1 aromatic heterocycles. The number of carbonyl (C=O) groups is 2. The lowest BCUT2D eigenvalue weighted by molar-refractivity contribution is -0.117. The summed E-state index contributed by atoms with van der Waals surface area (Å²) in [4.78, 5) is 30.7. The molecule has 1 fully saturated rings. The van der Waals surface area contributed by atoms with Gasteiger partial charge in [0.05, 0.1) is 18.7 Å². The van der Waals surface area contributed by atoms with E-state index in [9.17, 15) is 9.59 Å². The second-order valence-electron chi connectivity index (χ2n) is 7.40. The summed E-state index contributed by atoms with van der Waals surface area (Å²) in [6, 6.07) is 0. The molecular weight excluding hydrogens is 350 g/mol. The molecule has 1 aliphatic carbocycles. The molecule has 1 saturated heterocycles. The Balaban J connectivity index is 1.73. The number of piperazine rings is 1. The highest BCUT2D eigenvalue weighted by atomic mass is 32.1. The predicted octanol–water partition coefficient (Wildman–Crippen LogP) is 2.24. The molecule has 26 heavy (non-hydrogen) atoms. The van der Waals surface area contributed by atoms with Crippen LogP contribution in [0.4, 0.5) is 5.00 Å². The van der Waals surface area contributed by atoms with E-state index >= 15 is 0 Å². The molecule has 2 aliphatic rings. The van der Waals surface area contributed by atoms with E-state index in [-0.39, 0.29) is 11.9 Å². The first-order valence-corrected chi connectivity index (χ1v) is 10.3. The first-order chi connectivity index (χ1) is 12.5. The number of anilines is 1. The van der Waals surface area contributed by atoms with E-state index in [4.69, 9.17) is 4.74 Å². The van der Waals surface area contributed by atoms with Crippen LogP contribution in [0.3, 0.4) is 0 Å². The molecule has 1 amide bonds.